The highest BCUT2D eigenvalue weighted by atomic mass is 16.5. The molecule has 0 saturated carbocycles. The van der Waals surface area contributed by atoms with Crippen LogP contribution in [0.3, 0.4) is 0 Å². The molecule has 2 aromatic rings. The average molecular weight is 479 g/mol. The molecular weight excluding hydrogens is 444 g/mol. The predicted octanol–water partition coefficient (Wildman–Crippen LogP) is 3.85. The van der Waals surface area contributed by atoms with Gasteiger partial charge < -0.3 is 29.4 Å². The summed E-state index contributed by atoms with van der Waals surface area (Å²) in [7, 11) is 3.15. The third-order valence-electron chi connectivity index (χ3n) is 6.65. The lowest BCUT2D eigenvalue weighted by molar-refractivity contribution is -0.131. The molecule has 2 heterocycles. The van der Waals surface area contributed by atoms with E-state index in [4.69, 9.17) is 14.5 Å². The molecule has 0 spiro atoms. The molecule has 1 unspecified atom stereocenters. The highest BCUT2D eigenvalue weighted by molar-refractivity contribution is 6.04. The number of hydrogen-bond donors (Lipinski definition) is 1. The van der Waals surface area contributed by atoms with Crippen LogP contribution in [0, 0.1) is 0 Å². The minimum Gasteiger partial charge on any atom is -0.497 e. The van der Waals surface area contributed by atoms with Crippen LogP contribution >= 0.6 is 0 Å². The Balaban J connectivity index is 1.46. The molecule has 2 aliphatic rings. The number of carbonyl (C=O) groups excluding carboxylic acids is 2. The second-order valence-corrected chi connectivity index (χ2v) is 8.85. The number of nitrogens with one attached hydrogen (secondary N) is 1. The number of fused-ring (bicyclic) bond motifs is 1. The zero-order valence-electron chi connectivity index (χ0n) is 20.8. The summed E-state index contributed by atoms with van der Waals surface area (Å²) < 4.78 is 10.9. The Morgan fingerprint density at radius 1 is 1.09 bits per heavy atom. The van der Waals surface area contributed by atoms with Crippen molar-refractivity contribution in [2.45, 2.75) is 38.6 Å². The molecule has 186 valence electrons. The van der Waals surface area contributed by atoms with Crippen molar-refractivity contribution in [2.75, 3.05) is 45.3 Å². The van der Waals surface area contributed by atoms with Gasteiger partial charge in [0.15, 0.2) is 0 Å². The summed E-state index contributed by atoms with van der Waals surface area (Å²) in [6, 6.07) is 11.1. The number of amides is 1. The average Bonchev–Trinajstić information content (AvgIpc) is 2.91. The summed E-state index contributed by atoms with van der Waals surface area (Å²) in [4.78, 5) is 33.3. The first kappa shape index (κ1) is 24.6. The predicted molar refractivity (Wildman–Crippen MR) is 137 cm³/mol. The number of hydrogen-bond acceptors (Lipinski definition) is 7. The molecule has 0 aromatic heterocycles. The van der Waals surface area contributed by atoms with Gasteiger partial charge in [0.2, 0.25) is 5.91 Å². The van der Waals surface area contributed by atoms with Gasteiger partial charge in [-0.15, -0.1) is 0 Å². The normalized spacial score (nSPS) is 17.2. The van der Waals surface area contributed by atoms with Gasteiger partial charge in [0.25, 0.3) is 0 Å². The lowest BCUT2D eigenvalue weighted by Gasteiger charge is -2.36. The van der Waals surface area contributed by atoms with Gasteiger partial charge >= 0.3 is 0 Å². The number of piperazine rings is 1. The van der Waals surface area contributed by atoms with Gasteiger partial charge in [-0.25, -0.2) is 4.99 Å². The molecule has 8 heteroatoms. The van der Waals surface area contributed by atoms with Gasteiger partial charge in [-0.1, -0.05) is 19.8 Å². The third-order valence-corrected chi connectivity index (χ3v) is 6.65. The molecule has 2 aromatic carbocycles. The van der Waals surface area contributed by atoms with Crippen LogP contribution in [-0.2, 0) is 9.59 Å². The van der Waals surface area contributed by atoms with Crippen molar-refractivity contribution in [1.82, 2.24) is 10.2 Å². The van der Waals surface area contributed by atoms with Crippen LogP contribution < -0.4 is 19.7 Å². The minimum absolute atomic E-state index is 0.271. The highest BCUT2D eigenvalue weighted by Crippen LogP contribution is 2.40. The van der Waals surface area contributed by atoms with Gasteiger partial charge in [0, 0.05) is 61.5 Å². The standard InChI is InChI=1S/C27H34N4O4/c1-4-5-6-7-25(33)31-14-12-30(13-15-31)20-10-8-19(9-11-20)27-28-22-16-21(34-2)17-24(35-3)26(22)23(18-32)29-27/h8-11,16-18,23H,4-7,12-15H2,1-3H3,(H,28,29). The highest BCUT2D eigenvalue weighted by Gasteiger charge is 2.27. The van der Waals surface area contributed by atoms with Crippen molar-refractivity contribution >= 4 is 29.4 Å². The molecule has 8 nitrogen and oxygen atoms in total. The third kappa shape index (κ3) is 5.42. The van der Waals surface area contributed by atoms with E-state index >= 15 is 0 Å². The Morgan fingerprint density at radius 3 is 2.46 bits per heavy atom. The van der Waals surface area contributed by atoms with Gasteiger partial charge in [-0.05, 0) is 30.7 Å². The van der Waals surface area contributed by atoms with Crippen LogP contribution in [0.5, 0.6) is 11.5 Å². The van der Waals surface area contributed by atoms with E-state index in [1.807, 2.05) is 23.1 Å². The van der Waals surface area contributed by atoms with Crippen molar-refractivity contribution in [3.63, 3.8) is 0 Å². The van der Waals surface area contributed by atoms with Crippen LogP contribution in [0.25, 0.3) is 0 Å². The number of rotatable bonds is 9. The summed E-state index contributed by atoms with van der Waals surface area (Å²) in [5.74, 6) is 2.07. The van der Waals surface area contributed by atoms with Crippen LogP contribution in [0.15, 0.2) is 41.4 Å². The van der Waals surface area contributed by atoms with E-state index in [2.05, 4.69) is 29.3 Å². The zero-order chi connectivity index (χ0) is 24.8. The van der Waals surface area contributed by atoms with Crippen molar-refractivity contribution in [2.24, 2.45) is 4.99 Å². The number of amidine groups is 1. The fourth-order valence-corrected chi connectivity index (χ4v) is 4.63. The summed E-state index contributed by atoms with van der Waals surface area (Å²) >= 11 is 0. The number of aldehydes is 1. The lowest BCUT2D eigenvalue weighted by atomic mass is 10.0. The summed E-state index contributed by atoms with van der Waals surface area (Å²) in [6.45, 7) is 5.29. The molecule has 1 fully saturated rings. The molecule has 1 saturated heterocycles. The number of carbonyl (C=O) groups is 2. The first-order valence-corrected chi connectivity index (χ1v) is 12.3. The van der Waals surface area contributed by atoms with E-state index < -0.39 is 6.04 Å². The van der Waals surface area contributed by atoms with E-state index in [0.29, 0.717) is 35.0 Å². The first-order valence-electron chi connectivity index (χ1n) is 12.3. The van der Waals surface area contributed by atoms with Crippen LogP contribution in [0.2, 0.25) is 0 Å². The van der Waals surface area contributed by atoms with Crippen molar-refractivity contribution in [1.29, 1.82) is 0 Å². The van der Waals surface area contributed by atoms with Gasteiger partial charge in [0.1, 0.15) is 29.7 Å². The Labute approximate surface area is 206 Å². The number of anilines is 1. The molecular formula is C27H34N4O4. The number of unbranched alkanes of at least 4 members (excludes halogenated alkanes) is 2. The Bertz CT molecular complexity index is 1080. The molecule has 4 rings (SSSR count). The lowest BCUT2D eigenvalue weighted by Crippen LogP contribution is -2.48. The fraction of sp³-hybridized carbons (Fsp3) is 0.444. The summed E-state index contributed by atoms with van der Waals surface area (Å²) in [5.41, 5.74) is 3.35. The van der Waals surface area contributed by atoms with Gasteiger partial charge in [0.05, 0.1) is 19.9 Å². The smallest absolute Gasteiger partial charge is 0.222 e. The molecule has 35 heavy (non-hydrogen) atoms. The maximum Gasteiger partial charge on any atom is 0.222 e. The van der Waals surface area contributed by atoms with E-state index in [1.54, 1.807) is 20.3 Å². The van der Waals surface area contributed by atoms with Crippen molar-refractivity contribution in [3.05, 3.63) is 47.5 Å². The Hall–Kier alpha value is -3.55. The maximum atomic E-state index is 12.4. The topological polar surface area (TPSA) is 83.5 Å². The van der Waals surface area contributed by atoms with E-state index in [-0.39, 0.29) is 5.91 Å². The monoisotopic (exact) mass is 478 g/mol. The van der Waals surface area contributed by atoms with Crippen LogP contribution in [0.1, 0.15) is 49.8 Å². The Kier molecular flexibility index (Phi) is 7.90. The number of nitrogens with zero attached hydrogens (tertiary/aromatic N) is 3. The van der Waals surface area contributed by atoms with E-state index in [1.165, 1.54) is 0 Å². The van der Waals surface area contributed by atoms with Crippen molar-refractivity contribution < 1.29 is 19.1 Å². The fourth-order valence-electron chi connectivity index (χ4n) is 4.63. The van der Waals surface area contributed by atoms with E-state index in [9.17, 15) is 9.59 Å². The number of ether oxygens (including phenoxy) is 2. The SMILES string of the molecule is CCCCCC(=O)N1CCN(c2ccc(C3=Nc4cc(OC)cc(OC)c4C(C=O)N3)cc2)CC1. The molecule has 0 bridgehead atoms. The molecule has 1 amide bonds. The second kappa shape index (κ2) is 11.3. The van der Waals surface area contributed by atoms with Gasteiger partial charge in [-0.2, -0.15) is 0 Å². The second-order valence-electron chi connectivity index (χ2n) is 8.85. The Morgan fingerprint density at radius 2 is 1.83 bits per heavy atom. The molecule has 1 atom stereocenters. The quantitative estimate of drug-likeness (QED) is 0.435. The number of benzene rings is 2. The molecule has 2 aliphatic heterocycles. The first-order chi connectivity index (χ1) is 17.1. The largest absolute Gasteiger partial charge is 0.497 e. The minimum atomic E-state index is -0.569. The number of methoxy groups -OCH3 is 2. The summed E-state index contributed by atoms with van der Waals surface area (Å²) in [5, 5.41) is 3.23. The summed E-state index contributed by atoms with van der Waals surface area (Å²) in [6.07, 6.45) is 4.73. The molecule has 1 N–H and O–H groups in total. The molecule has 0 radical (unpaired) electrons. The van der Waals surface area contributed by atoms with Crippen LogP contribution in [0.4, 0.5) is 11.4 Å². The zero-order valence-corrected chi connectivity index (χ0v) is 20.8. The van der Waals surface area contributed by atoms with Crippen molar-refractivity contribution in [3.8, 4) is 11.5 Å². The van der Waals surface area contributed by atoms with Gasteiger partial charge in [-0.3, -0.25) is 4.79 Å². The number of aliphatic imine (C=N–C) groups is 1. The van der Waals surface area contributed by atoms with Crippen LogP contribution in [-0.4, -0.2) is 63.3 Å². The molecule has 0 aliphatic carbocycles. The maximum absolute atomic E-state index is 12.4. The van der Waals surface area contributed by atoms with E-state index in [0.717, 1.165) is 63.0 Å².